The predicted octanol–water partition coefficient (Wildman–Crippen LogP) is 2.82. The van der Waals surface area contributed by atoms with Gasteiger partial charge in [0.1, 0.15) is 6.10 Å². The Balaban J connectivity index is 1.15. The van der Waals surface area contributed by atoms with Crippen LogP contribution in [0.25, 0.3) is 10.8 Å². The molecule has 0 amide bonds. The minimum absolute atomic E-state index is 0.0611. The van der Waals surface area contributed by atoms with Gasteiger partial charge in [0.15, 0.2) is 0 Å². The highest BCUT2D eigenvalue weighted by Crippen LogP contribution is 2.69. The number of pyridine rings is 1. The summed E-state index contributed by atoms with van der Waals surface area (Å²) in [5.74, 6) is 0.804. The van der Waals surface area contributed by atoms with E-state index in [-0.39, 0.29) is 17.1 Å². The summed E-state index contributed by atoms with van der Waals surface area (Å²) in [5, 5.41) is 45.3. The van der Waals surface area contributed by atoms with Crippen molar-refractivity contribution < 1.29 is 25.2 Å². The molecule has 1 unspecified atom stereocenters. The molecule has 206 valence electrons. The Kier molecular flexibility index (Phi) is 5.19. The summed E-state index contributed by atoms with van der Waals surface area (Å²) in [5.41, 5.74) is 2.45. The summed E-state index contributed by atoms with van der Waals surface area (Å²) in [6.45, 7) is 3.04. The van der Waals surface area contributed by atoms with E-state index in [9.17, 15) is 20.4 Å². The molecule has 3 aliphatic heterocycles. The zero-order valence-corrected chi connectivity index (χ0v) is 22.4. The van der Waals surface area contributed by atoms with E-state index in [1.165, 1.54) is 21.9 Å². The van der Waals surface area contributed by atoms with Gasteiger partial charge in [0.05, 0.1) is 29.5 Å². The van der Waals surface area contributed by atoms with Crippen LogP contribution in [0.5, 0.6) is 0 Å². The van der Waals surface area contributed by atoms with Gasteiger partial charge in [-0.1, -0.05) is 31.2 Å². The van der Waals surface area contributed by atoms with Crippen LogP contribution in [0.15, 0.2) is 60.0 Å². The summed E-state index contributed by atoms with van der Waals surface area (Å²) in [4.78, 5) is 6.29. The van der Waals surface area contributed by atoms with Crippen LogP contribution in [0.2, 0.25) is 0 Å². The molecule has 4 heterocycles. The number of β-amino-alcohol motifs (C(OH)–C–C–N with tert-alkyl or cyclic N) is 2. The Morgan fingerprint density at radius 3 is 2.64 bits per heavy atom. The molecule has 6 aliphatic rings. The minimum atomic E-state index is -1.02. The summed E-state index contributed by atoms with van der Waals surface area (Å²) >= 11 is 0. The highest BCUT2D eigenvalue weighted by Gasteiger charge is 2.68. The number of aliphatic hydroxyl groups is 4. The molecule has 2 aromatic rings. The van der Waals surface area contributed by atoms with Crippen molar-refractivity contribution in [3.8, 4) is 0 Å². The van der Waals surface area contributed by atoms with E-state index < -0.39 is 30.0 Å². The van der Waals surface area contributed by atoms with Gasteiger partial charge in [-0.3, -0.25) is 9.88 Å². The van der Waals surface area contributed by atoms with Crippen molar-refractivity contribution in [1.82, 2.24) is 9.88 Å². The maximum atomic E-state index is 11.4. The SMILES string of the molecule is C[C@]12CC=C3C=C4[C@H](O)[C@@H](O)[C@@H](N5C[C@H](O)[C@@H](O)C5)C[C@]45CCC3(O5)[C@@H]1CC[C@@H]2c1ccc2ccncc2c1. The fourth-order valence-corrected chi connectivity index (χ4v) is 9.71. The molecule has 39 heavy (non-hydrogen) atoms. The van der Waals surface area contributed by atoms with E-state index in [0.29, 0.717) is 31.3 Å². The van der Waals surface area contributed by atoms with Crippen LogP contribution in [-0.4, -0.2) is 85.1 Å². The summed E-state index contributed by atoms with van der Waals surface area (Å²) in [6.07, 6.45) is 10.1. The molecule has 0 radical (unpaired) electrons. The Morgan fingerprint density at radius 1 is 1.00 bits per heavy atom. The first-order valence-corrected chi connectivity index (χ1v) is 14.7. The summed E-state index contributed by atoms with van der Waals surface area (Å²) < 4.78 is 7.31. The molecule has 2 spiro atoms. The van der Waals surface area contributed by atoms with Crippen LogP contribution in [0.1, 0.15) is 56.9 Å². The van der Waals surface area contributed by atoms with Gasteiger partial charge in [0.2, 0.25) is 0 Å². The molecular formula is C32H38N2O5. The van der Waals surface area contributed by atoms with Crippen LogP contribution >= 0.6 is 0 Å². The standard InChI is InChI=1S/C32H38N2O5/c1-30-8-6-21-13-23-28(37)29(38)24(34-16-25(35)26(36)17-34)14-31(23)9-10-32(21,39-31)27(30)5-4-22(30)19-3-2-18-7-11-33-15-20(18)12-19/h2-3,6-7,11-13,15,22,24-29,35-38H,4-5,8-10,14,16-17H2,1H3/t22-,24+,25+,26+,27-,28+,29+,30-,31-,32?/m1/s1. The quantitative estimate of drug-likeness (QED) is 0.473. The third-order valence-corrected chi connectivity index (χ3v) is 11.7. The summed E-state index contributed by atoms with van der Waals surface area (Å²) in [6, 6.07) is 8.55. The number of hydrogen-bond acceptors (Lipinski definition) is 7. The Bertz CT molecular complexity index is 1400. The number of nitrogens with zero attached hydrogens (tertiary/aromatic N) is 2. The average molecular weight is 531 g/mol. The van der Waals surface area contributed by atoms with Crippen molar-refractivity contribution in [2.24, 2.45) is 11.3 Å². The molecule has 10 atom stereocenters. The van der Waals surface area contributed by atoms with E-state index in [1.54, 1.807) is 0 Å². The minimum Gasteiger partial charge on any atom is -0.389 e. The predicted molar refractivity (Wildman–Crippen MR) is 146 cm³/mol. The lowest BCUT2D eigenvalue weighted by atomic mass is 9.58. The fourth-order valence-electron chi connectivity index (χ4n) is 9.71. The molecular weight excluding hydrogens is 492 g/mol. The van der Waals surface area contributed by atoms with Crippen LogP contribution in [0, 0.1) is 11.3 Å². The number of likely N-dealkylation sites (tertiary alicyclic amines) is 1. The summed E-state index contributed by atoms with van der Waals surface area (Å²) in [7, 11) is 0. The van der Waals surface area contributed by atoms with Crippen LogP contribution in [0.3, 0.4) is 0 Å². The van der Waals surface area contributed by atoms with E-state index in [2.05, 4.69) is 48.3 Å². The molecule has 2 saturated heterocycles. The molecule has 7 nitrogen and oxygen atoms in total. The maximum absolute atomic E-state index is 11.4. The van der Waals surface area contributed by atoms with Gasteiger partial charge in [-0.15, -0.1) is 0 Å². The molecule has 3 aliphatic carbocycles. The van der Waals surface area contributed by atoms with Gasteiger partial charge in [-0.2, -0.15) is 0 Å². The Morgan fingerprint density at radius 2 is 1.82 bits per heavy atom. The van der Waals surface area contributed by atoms with Gasteiger partial charge >= 0.3 is 0 Å². The average Bonchev–Trinajstić information content (AvgIpc) is 3.57. The number of benzene rings is 1. The van der Waals surface area contributed by atoms with Gasteiger partial charge in [0.25, 0.3) is 0 Å². The van der Waals surface area contributed by atoms with Gasteiger partial charge in [-0.05, 0) is 90.0 Å². The van der Waals surface area contributed by atoms with Crippen molar-refractivity contribution >= 4 is 10.8 Å². The third kappa shape index (κ3) is 3.23. The molecule has 2 bridgehead atoms. The Labute approximate surface area is 228 Å². The molecule has 7 heteroatoms. The van der Waals surface area contributed by atoms with Gasteiger partial charge in [0, 0.05) is 36.9 Å². The van der Waals surface area contributed by atoms with Crippen LogP contribution in [0.4, 0.5) is 0 Å². The zero-order chi connectivity index (χ0) is 26.7. The first-order chi connectivity index (χ1) is 18.7. The number of rotatable bonds is 2. The smallest absolute Gasteiger partial charge is 0.105 e. The van der Waals surface area contributed by atoms with E-state index in [0.717, 1.165) is 37.7 Å². The number of aromatic nitrogens is 1. The number of aliphatic hydroxyl groups excluding tert-OH is 4. The normalized spacial score (nSPS) is 46.9. The fraction of sp³-hybridized carbons (Fsp3) is 0.594. The third-order valence-electron chi connectivity index (χ3n) is 11.7. The van der Waals surface area contributed by atoms with Crippen LogP contribution < -0.4 is 0 Å². The number of hydrogen-bond donors (Lipinski definition) is 4. The van der Waals surface area contributed by atoms with Crippen molar-refractivity contribution in [1.29, 1.82) is 0 Å². The first kappa shape index (κ1) is 24.6. The van der Waals surface area contributed by atoms with Crippen molar-refractivity contribution in [3.63, 3.8) is 0 Å². The lowest BCUT2D eigenvalue weighted by Crippen LogP contribution is -2.62. The maximum Gasteiger partial charge on any atom is 0.105 e. The molecule has 4 fully saturated rings. The van der Waals surface area contributed by atoms with E-state index in [4.69, 9.17) is 4.74 Å². The highest BCUT2D eigenvalue weighted by atomic mass is 16.5. The van der Waals surface area contributed by atoms with Crippen molar-refractivity contribution in [2.45, 2.75) is 93.0 Å². The second-order valence-corrected chi connectivity index (χ2v) is 13.4. The van der Waals surface area contributed by atoms with Crippen molar-refractivity contribution in [2.75, 3.05) is 13.1 Å². The molecule has 8 rings (SSSR count). The lowest BCUT2D eigenvalue weighted by Gasteiger charge is -2.56. The van der Waals surface area contributed by atoms with Crippen molar-refractivity contribution in [3.05, 3.63) is 65.5 Å². The molecule has 1 aromatic carbocycles. The first-order valence-electron chi connectivity index (χ1n) is 14.7. The second kappa shape index (κ2) is 8.21. The molecule has 4 N–H and O–H groups in total. The highest BCUT2D eigenvalue weighted by molar-refractivity contribution is 5.82. The molecule has 2 saturated carbocycles. The largest absolute Gasteiger partial charge is 0.389 e. The lowest BCUT2D eigenvalue weighted by molar-refractivity contribution is -0.167. The second-order valence-electron chi connectivity index (χ2n) is 13.4. The van der Waals surface area contributed by atoms with Crippen LogP contribution in [-0.2, 0) is 4.74 Å². The number of allylic oxidation sites excluding steroid dienone is 1. The Hall–Kier alpha value is -2.13. The van der Waals surface area contributed by atoms with E-state index >= 15 is 0 Å². The monoisotopic (exact) mass is 530 g/mol. The topological polar surface area (TPSA) is 106 Å². The molecule has 1 aromatic heterocycles. The number of fused-ring (bicyclic) bond motifs is 2. The van der Waals surface area contributed by atoms with E-state index in [1.807, 2.05) is 17.3 Å². The van der Waals surface area contributed by atoms with Gasteiger partial charge < -0.3 is 25.2 Å². The number of ether oxygens (including phenoxy) is 1. The van der Waals surface area contributed by atoms with Gasteiger partial charge in [-0.25, -0.2) is 0 Å². The zero-order valence-electron chi connectivity index (χ0n) is 22.4.